The van der Waals surface area contributed by atoms with Gasteiger partial charge < -0.3 is 29.4 Å². The summed E-state index contributed by atoms with van der Waals surface area (Å²) in [6.07, 6.45) is 3.86. The van der Waals surface area contributed by atoms with Crippen molar-refractivity contribution in [2.45, 2.75) is 76.2 Å². The van der Waals surface area contributed by atoms with E-state index in [1.165, 1.54) is 0 Å². The Morgan fingerprint density at radius 3 is 2.61 bits per heavy atom. The van der Waals surface area contributed by atoms with E-state index in [-0.39, 0.29) is 19.3 Å². The number of hydrogen-bond acceptors (Lipinski definition) is 8. The molecule has 41 heavy (non-hydrogen) atoms. The van der Waals surface area contributed by atoms with Gasteiger partial charge in [-0.1, -0.05) is 61.5 Å². The molecule has 0 aromatic heterocycles. The number of rotatable bonds is 11. The first-order chi connectivity index (χ1) is 19.5. The van der Waals surface area contributed by atoms with Crippen molar-refractivity contribution >= 4 is 12.1 Å². The van der Waals surface area contributed by atoms with E-state index in [1.54, 1.807) is 27.9 Å². The normalized spacial score (nSPS) is 21.8. The third-order valence-electron chi connectivity index (χ3n) is 7.54. The topological polar surface area (TPSA) is 107 Å². The average molecular weight is 567 g/mol. The van der Waals surface area contributed by atoms with Gasteiger partial charge in [-0.05, 0) is 45.4 Å². The predicted octanol–water partition coefficient (Wildman–Crippen LogP) is 4.36. The third kappa shape index (κ3) is 7.40. The molecule has 2 N–H and O–H groups in total. The summed E-state index contributed by atoms with van der Waals surface area (Å²) in [7, 11) is 1.62. The molecule has 1 unspecified atom stereocenters. The molecule has 2 aromatic rings. The number of hydrogen-bond donors (Lipinski definition) is 2. The Balaban J connectivity index is 1.44. The molecule has 0 saturated heterocycles. The Labute approximate surface area is 242 Å². The predicted molar refractivity (Wildman–Crippen MR) is 155 cm³/mol. The second kappa shape index (κ2) is 13.0. The van der Waals surface area contributed by atoms with Crippen molar-refractivity contribution in [3.63, 3.8) is 0 Å². The number of nitrogens with one attached hydrogen (secondary N) is 1. The van der Waals surface area contributed by atoms with Crippen molar-refractivity contribution in [3.05, 3.63) is 71.8 Å². The number of aliphatic hydroxyl groups excluding tert-OH is 1. The van der Waals surface area contributed by atoms with Gasteiger partial charge in [0.25, 0.3) is 0 Å². The van der Waals surface area contributed by atoms with Gasteiger partial charge in [-0.2, -0.15) is 0 Å². The molecule has 222 valence electrons. The van der Waals surface area contributed by atoms with Gasteiger partial charge in [0.1, 0.15) is 24.5 Å². The Hall–Kier alpha value is -3.56. The van der Waals surface area contributed by atoms with Crippen LogP contribution in [0.4, 0.5) is 4.79 Å². The van der Waals surface area contributed by atoms with Crippen LogP contribution in [0.2, 0.25) is 0 Å². The Morgan fingerprint density at radius 1 is 1.17 bits per heavy atom. The first-order valence-electron chi connectivity index (χ1n) is 14.2. The van der Waals surface area contributed by atoms with Crippen LogP contribution in [-0.4, -0.2) is 72.8 Å². The van der Waals surface area contributed by atoms with Crippen LogP contribution in [0, 0.1) is 0 Å². The summed E-state index contributed by atoms with van der Waals surface area (Å²) in [6, 6.07) is 14.4. The van der Waals surface area contributed by atoms with Gasteiger partial charge in [0, 0.05) is 24.9 Å². The van der Waals surface area contributed by atoms with E-state index in [1.807, 2.05) is 66.4 Å². The Bertz CT molecular complexity index is 1230. The van der Waals surface area contributed by atoms with E-state index in [0.717, 1.165) is 11.1 Å². The summed E-state index contributed by atoms with van der Waals surface area (Å²) in [5.41, 5.74) is 0.791. The summed E-state index contributed by atoms with van der Waals surface area (Å²) in [4.78, 5) is 27.8. The molecule has 0 spiro atoms. The van der Waals surface area contributed by atoms with Crippen LogP contribution < -0.4 is 14.8 Å². The minimum atomic E-state index is -0.903. The lowest BCUT2D eigenvalue weighted by atomic mass is 9.70. The molecule has 9 heteroatoms. The first kappa shape index (κ1) is 30.4. The standard InChI is InChI=1S/C32H42N2O7/c1-6-34(18-17-32-16-15-23(35)20-27(32)40-28-24(32)13-10-14-26(28)38-5)21-39-29(36)25(19-22-11-8-7-9-12-22)33-30(37)41-31(2,3)4/h7-16,23,25,27,35H,6,17-21H2,1-5H3,(H,33,37)/t23-,25?,27-,32+/m0/s1. The fourth-order valence-corrected chi connectivity index (χ4v) is 5.41. The number of ether oxygens (including phenoxy) is 4. The molecule has 0 saturated carbocycles. The van der Waals surface area contributed by atoms with E-state index in [2.05, 4.69) is 11.4 Å². The SMILES string of the molecule is CCN(CC[C@@]12C=C[C@H](O)C[C@@H]1Oc1c(OC)cccc12)COC(=O)C(Cc1ccccc1)NC(=O)OC(C)(C)C. The first-order valence-corrected chi connectivity index (χ1v) is 14.2. The number of carbonyl (C=O) groups is 2. The second-order valence-corrected chi connectivity index (χ2v) is 11.6. The number of carbonyl (C=O) groups excluding carboxylic acids is 2. The van der Waals surface area contributed by atoms with Gasteiger partial charge in [-0.3, -0.25) is 4.90 Å². The number of esters is 1. The number of amides is 1. The Kier molecular flexibility index (Phi) is 9.60. The fraction of sp³-hybridized carbons (Fsp3) is 0.500. The van der Waals surface area contributed by atoms with Gasteiger partial charge in [0.2, 0.25) is 0 Å². The fourth-order valence-electron chi connectivity index (χ4n) is 5.41. The number of nitrogens with zero attached hydrogens (tertiary/aromatic N) is 1. The molecular formula is C32H42N2O7. The van der Waals surface area contributed by atoms with Crippen LogP contribution in [0.1, 0.15) is 51.7 Å². The van der Waals surface area contributed by atoms with Crippen LogP contribution in [0.5, 0.6) is 11.5 Å². The van der Waals surface area contributed by atoms with Crippen LogP contribution in [0.25, 0.3) is 0 Å². The van der Waals surface area contributed by atoms with E-state index in [0.29, 0.717) is 37.4 Å². The molecule has 2 aliphatic rings. The van der Waals surface area contributed by atoms with Gasteiger partial charge in [-0.15, -0.1) is 0 Å². The Morgan fingerprint density at radius 2 is 1.93 bits per heavy atom. The molecule has 0 fully saturated rings. The zero-order valence-electron chi connectivity index (χ0n) is 24.6. The zero-order valence-corrected chi connectivity index (χ0v) is 24.6. The maximum Gasteiger partial charge on any atom is 0.408 e. The van der Waals surface area contributed by atoms with E-state index >= 15 is 0 Å². The quantitative estimate of drug-likeness (QED) is 0.235. The molecule has 9 nitrogen and oxygen atoms in total. The number of aliphatic hydroxyl groups is 1. The summed E-state index contributed by atoms with van der Waals surface area (Å²) >= 11 is 0. The molecule has 4 atom stereocenters. The van der Waals surface area contributed by atoms with Crippen LogP contribution in [0.15, 0.2) is 60.7 Å². The summed E-state index contributed by atoms with van der Waals surface area (Å²) < 4.78 is 23.0. The molecule has 1 aliphatic carbocycles. The monoisotopic (exact) mass is 566 g/mol. The highest BCUT2D eigenvalue weighted by Gasteiger charge is 2.50. The van der Waals surface area contributed by atoms with Crippen molar-refractivity contribution in [2.24, 2.45) is 0 Å². The third-order valence-corrected chi connectivity index (χ3v) is 7.54. The maximum atomic E-state index is 13.2. The summed E-state index contributed by atoms with van der Waals surface area (Å²) in [5, 5.41) is 13.0. The van der Waals surface area contributed by atoms with E-state index < -0.39 is 35.2 Å². The lowest BCUT2D eigenvalue weighted by Gasteiger charge is -2.37. The van der Waals surface area contributed by atoms with Crippen LogP contribution in [0.3, 0.4) is 0 Å². The second-order valence-electron chi connectivity index (χ2n) is 11.6. The number of para-hydroxylation sites is 1. The van der Waals surface area contributed by atoms with Gasteiger partial charge >= 0.3 is 12.1 Å². The summed E-state index contributed by atoms with van der Waals surface area (Å²) in [5.74, 6) is 0.849. The molecule has 4 rings (SSSR count). The summed E-state index contributed by atoms with van der Waals surface area (Å²) in [6.45, 7) is 8.64. The highest BCUT2D eigenvalue weighted by atomic mass is 16.6. The van der Waals surface area contributed by atoms with Crippen molar-refractivity contribution in [1.29, 1.82) is 0 Å². The highest BCUT2D eigenvalue weighted by Crippen LogP contribution is 2.53. The average Bonchev–Trinajstić information content (AvgIpc) is 3.25. The molecule has 0 bridgehead atoms. The lowest BCUT2D eigenvalue weighted by molar-refractivity contribution is -0.151. The number of methoxy groups -OCH3 is 1. The molecule has 2 aromatic carbocycles. The minimum Gasteiger partial charge on any atom is -0.493 e. The van der Waals surface area contributed by atoms with Crippen molar-refractivity contribution < 1.29 is 33.6 Å². The maximum absolute atomic E-state index is 13.2. The van der Waals surface area contributed by atoms with E-state index in [9.17, 15) is 14.7 Å². The van der Waals surface area contributed by atoms with Crippen molar-refractivity contribution in [2.75, 3.05) is 26.9 Å². The molecule has 0 radical (unpaired) electrons. The number of fused-ring (bicyclic) bond motifs is 3. The van der Waals surface area contributed by atoms with Crippen molar-refractivity contribution in [1.82, 2.24) is 10.2 Å². The molecular weight excluding hydrogens is 524 g/mol. The van der Waals surface area contributed by atoms with Gasteiger partial charge in [0.05, 0.1) is 18.6 Å². The minimum absolute atomic E-state index is 0.0650. The molecule has 1 aliphatic heterocycles. The van der Waals surface area contributed by atoms with Crippen LogP contribution in [-0.2, 0) is 26.1 Å². The molecule has 1 heterocycles. The molecule has 1 amide bonds. The van der Waals surface area contributed by atoms with Crippen LogP contribution >= 0.6 is 0 Å². The van der Waals surface area contributed by atoms with Crippen molar-refractivity contribution in [3.8, 4) is 11.5 Å². The lowest BCUT2D eigenvalue weighted by Crippen LogP contribution is -2.47. The number of benzene rings is 2. The largest absolute Gasteiger partial charge is 0.493 e. The van der Waals surface area contributed by atoms with Gasteiger partial charge in [-0.25, -0.2) is 9.59 Å². The smallest absolute Gasteiger partial charge is 0.408 e. The number of alkyl carbamates (subject to hydrolysis) is 1. The highest BCUT2D eigenvalue weighted by molar-refractivity contribution is 5.81. The zero-order chi connectivity index (χ0) is 29.6. The van der Waals surface area contributed by atoms with Gasteiger partial charge in [0.15, 0.2) is 11.5 Å². The van der Waals surface area contributed by atoms with E-state index in [4.69, 9.17) is 18.9 Å².